The minimum absolute atomic E-state index is 0.0523. The largest absolute Gasteiger partial charge is 0.352 e. The summed E-state index contributed by atoms with van der Waals surface area (Å²) in [5.74, 6) is -0.331. The fourth-order valence-corrected chi connectivity index (χ4v) is 2.68. The molecule has 7 heteroatoms. The van der Waals surface area contributed by atoms with Crippen molar-refractivity contribution in [1.82, 2.24) is 14.7 Å². The first-order valence-corrected chi connectivity index (χ1v) is 7.92. The molecule has 0 fully saturated rings. The van der Waals surface area contributed by atoms with Crippen LogP contribution >= 0.6 is 0 Å². The summed E-state index contributed by atoms with van der Waals surface area (Å²) in [6.07, 6.45) is 4.45. The quantitative estimate of drug-likeness (QED) is 0.572. The molecule has 0 radical (unpaired) electrons. The van der Waals surface area contributed by atoms with Gasteiger partial charge in [-0.25, -0.2) is 4.98 Å². The molecule has 2 heterocycles. The van der Waals surface area contributed by atoms with Gasteiger partial charge in [0.1, 0.15) is 5.65 Å². The van der Waals surface area contributed by atoms with Gasteiger partial charge in [0.15, 0.2) is 0 Å². The van der Waals surface area contributed by atoms with Crippen LogP contribution in [0.4, 0.5) is 5.69 Å². The van der Waals surface area contributed by atoms with E-state index >= 15 is 0 Å². The number of aryl methyl sites for hydroxylation is 2. The first-order chi connectivity index (χ1) is 12.0. The van der Waals surface area contributed by atoms with E-state index in [1.807, 2.05) is 35.9 Å². The van der Waals surface area contributed by atoms with E-state index in [1.54, 1.807) is 19.1 Å². The van der Waals surface area contributed by atoms with Crippen LogP contribution in [0.1, 0.15) is 27.2 Å². The maximum Gasteiger partial charge on any atom is 0.273 e. The number of rotatable bonds is 5. The maximum absolute atomic E-state index is 12.2. The highest BCUT2D eigenvalue weighted by Gasteiger charge is 2.14. The number of hydrogen-bond donors (Lipinski definition) is 1. The Bertz CT molecular complexity index is 962. The molecule has 1 N–H and O–H groups in total. The number of amides is 1. The number of nitro benzene ring substituents is 1. The molecule has 0 atom stereocenters. The highest BCUT2D eigenvalue weighted by Crippen LogP contribution is 2.19. The number of fused-ring (bicyclic) bond motifs is 1. The molecule has 1 amide bonds. The van der Waals surface area contributed by atoms with E-state index in [-0.39, 0.29) is 17.2 Å². The zero-order valence-electron chi connectivity index (χ0n) is 14.0. The van der Waals surface area contributed by atoms with Crippen molar-refractivity contribution in [3.05, 3.63) is 75.2 Å². The number of hydrogen-bond acceptors (Lipinski definition) is 4. The van der Waals surface area contributed by atoms with Crippen molar-refractivity contribution in [3.63, 3.8) is 0 Å². The van der Waals surface area contributed by atoms with Crippen LogP contribution in [0.5, 0.6) is 0 Å². The number of carbonyl (C=O) groups excluding carboxylic acids is 1. The predicted octanol–water partition coefficient (Wildman–Crippen LogP) is 2.83. The summed E-state index contributed by atoms with van der Waals surface area (Å²) in [7, 11) is 0. The third-order valence-electron chi connectivity index (χ3n) is 4.06. The number of aromatic nitrogens is 2. The van der Waals surface area contributed by atoms with E-state index < -0.39 is 4.92 Å². The van der Waals surface area contributed by atoms with Crippen LogP contribution in [0.3, 0.4) is 0 Å². The Morgan fingerprint density at radius 3 is 2.80 bits per heavy atom. The number of pyridine rings is 1. The van der Waals surface area contributed by atoms with Crippen LogP contribution in [0.25, 0.3) is 5.65 Å². The zero-order chi connectivity index (χ0) is 18.0. The van der Waals surface area contributed by atoms with Gasteiger partial charge in [-0.2, -0.15) is 0 Å². The molecule has 25 heavy (non-hydrogen) atoms. The molecule has 0 aliphatic rings. The standard InChI is InChI=1S/C18H18N4O3/c1-12-5-6-14(10-16(12)22(24)25)18(23)19-8-7-15-11-21-9-3-4-13(2)17(21)20-15/h3-6,9-11H,7-8H2,1-2H3,(H,19,23). The Kier molecular flexibility index (Phi) is 4.47. The molecule has 2 aromatic heterocycles. The predicted molar refractivity (Wildman–Crippen MR) is 93.8 cm³/mol. The van der Waals surface area contributed by atoms with Crippen LogP contribution in [-0.2, 0) is 6.42 Å². The summed E-state index contributed by atoms with van der Waals surface area (Å²) in [5.41, 5.74) is 3.63. The second-order valence-electron chi connectivity index (χ2n) is 5.92. The zero-order valence-corrected chi connectivity index (χ0v) is 14.0. The number of benzene rings is 1. The smallest absolute Gasteiger partial charge is 0.273 e. The summed E-state index contributed by atoms with van der Waals surface area (Å²) in [6.45, 7) is 4.05. The number of imidazole rings is 1. The number of nitrogens with zero attached hydrogens (tertiary/aromatic N) is 3. The molecule has 0 saturated carbocycles. The second kappa shape index (κ2) is 6.72. The Morgan fingerprint density at radius 2 is 2.08 bits per heavy atom. The third-order valence-corrected chi connectivity index (χ3v) is 4.06. The molecular formula is C18H18N4O3. The lowest BCUT2D eigenvalue weighted by molar-refractivity contribution is -0.385. The molecule has 0 aliphatic heterocycles. The third kappa shape index (κ3) is 3.50. The molecule has 0 saturated heterocycles. The van der Waals surface area contributed by atoms with Gasteiger partial charge >= 0.3 is 0 Å². The Balaban J connectivity index is 1.65. The Labute approximate surface area is 144 Å². The number of carbonyl (C=O) groups is 1. The SMILES string of the molecule is Cc1ccc(C(=O)NCCc2cn3cccc(C)c3n2)cc1[N+](=O)[O-]. The van der Waals surface area contributed by atoms with Crippen molar-refractivity contribution in [1.29, 1.82) is 0 Å². The number of nitrogens with one attached hydrogen (secondary N) is 1. The minimum Gasteiger partial charge on any atom is -0.352 e. The van der Waals surface area contributed by atoms with Gasteiger partial charge in [-0.1, -0.05) is 12.1 Å². The average molecular weight is 338 g/mol. The normalized spacial score (nSPS) is 10.8. The molecule has 0 unspecified atom stereocenters. The molecule has 0 aliphatic carbocycles. The van der Waals surface area contributed by atoms with Crippen molar-refractivity contribution in [3.8, 4) is 0 Å². The van der Waals surface area contributed by atoms with Gasteiger partial charge in [0.05, 0.1) is 10.6 Å². The van der Waals surface area contributed by atoms with Gasteiger partial charge in [-0.3, -0.25) is 14.9 Å². The summed E-state index contributed by atoms with van der Waals surface area (Å²) in [6, 6.07) is 8.43. The molecule has 7 nitrogen and oxygen atoms in total. The van der Waals surface area contributed by atoms with Crippen molar-refractivity contribution < 1.29 is 9.72 Å². The first-order valence-electron chi connectivity index (χ1n) is 7.92. The fraction of sp³-hybridized carbons (Fsp3) is 0.222. The maximum atomic E-state index is 12.2. The van der Waals surface area contributed by atoms with E-state index in [0.29, 0.717) is 18.5 Å². The van der Waals surface area contributed by atoms with Gasteiger partial charge in [0.25, 0.3) is 11.6 Å². The lowest BCUT2D eigenvalue weighted by Crippen LogP contribution is -2.25. The first kappa shape index (κ1) is 16.6. The van der Waals surface area contributed by atoms with E-state index in [2.05, 4.69) is 10.3 Å². The lowest BCUT2D eigenvalue weighted by Gasteiger charge is -2.05. The van der Waals surface area contributed by atoms with Crippen LogP contribution in [0, 0.1) is 24.0 Å². The van der Waals surface area contributed by atoms with Crippen molar-refractivity contribution in [2.45, 2.75) is 20.3 Å². The van der Waals surface area contributed by atoms with Gasteiger partial charge in [-0.15, -0.1) is 0 Å². The number of nitro groups is 1. The minimum atomic E-state index is -0.481. The van der Waals surface area contributed by atoms with Crippen molar-refractivity contribution >= 4 is 17.2 Å². The van der Waals surface area contributed by atoms with E-state index in [4.69, 9.17) is 0 Å². The van der Waals surface area contributed by atoms with E-state index in [0.717, 1.165) is 16.9 Å². The molecule has 1 aromatic carbocycles. The van der Waals surface area contributed by atoms with Crippen LogP contribution in [0.2, 0.25) is 0 Å². The van der Waals surface area contributed by atoms with Gasteiger partial charge < -0.3 is 9.72 Å². The van der Waals surface area contributed by atoms with E-state index in [9.17, 15) is 14.9 Å². The summed E-state index contributed by atoms with van der Waals surface area (Å²) >= 11 is 0. The Morgan fingerprint density at radius 1 is 1.28 bits per heavy atom. The summed E-state index contributed by atoms with van der Waals surface area (Å²) in [4.78, 5) is 27.2. The highest BCUT2D eigenvalue weighted by atomic mass is 16.6. The van der Waals surface area contributed by atoms with Gasteiger partial charge in [-0.05, 0) is 31.5 Å². The molecule has 0 spiro atoms. The van der Waals surface area contributed by atoms with Crippen molar-refractivity contribution in [2.75, 3.05) is 6.54 Å². The monoisotopic (exact) mass is 338 g/mol. The van der Waals surface area contributed by atoms with Gasteiger partial charge in [0, 0.05) is 42.6 Å². The second-order valence-corrected chi connectivity index (χ2v) is 5.92. The lowest BCUT2D eigenvalue weighted by atomic mass is 10.1. The Hall–Kier alpha value is -3.22. The van der Waals surface area contributed by atoms with Crippen molar-refractivity contribution in [2.24, 2.45) is 0 Å². The summed E-state index contributed by atoms with van der Waals surface area (Å²) < 4.78 is 1.95. The van der Waals surface area contributed by atoms with Crippen LogP contribution in [0.15, 0.2) is 42.7 Å². The molecule has 128 valence electrons. The van der Waals surface area contributed by atoms with E-state index in [1.165, 1.54) is 6.07 Å². The summed E-state index contributed by atoms with van der Waals surface area (Å²) in [5, 5.41) is 13.8. The van der Waals surface area contributed by atoms with Crippen LogP contribution in [-0.4, -0.2) is 26.8 Å². The highest BCUT2D eigenvalue weighted by molar-refractivity contribution is 5.94. The van der Waals surface area contributed by atoms with Gasteiger partial charge in [0.2, 0.25) is 0 Å². The molecule has 3 rings (SSSR count). The molecule has 3 aromatic rings. The average Bonchev–Trinajstić information content (AvgIpc) is 2.99. The molecule has 0 bridgehead atoms. The van der Waals surface area contributed by atoms with Crippen LogP contribution < -0.4 is 5.32 Å². The fourth-order valence-electron chi connectivity index (χ4n) is 2.68. The topological polar surface area (TPSA) is 89.5 Å². The molecular weight excluding hydrogens is 320 g/mol.